The predicted molar refractivity (Wildman–Crippen MR) is 80.2 cm³/mol. The molecule has 2 rings (SSSR count). The zero-order chi connectivity index (χ0) is 15.2. The van der Waals surface area contributed by atoms with E-state index in [2.05, 4.69) is 26.1 Å². The molecule has 21 heavy (non-hydrogen) atoms. The maximum atomic E-state index is 11.7. The van der Waals surface area contributed by atoms with Crippen molar-refractivity contribution < 1.29 is 9.59 Å². The molecule has 7 nitrogen and oxygen atoms in total. The van der Waals surface area contributed by atoms with Gasteiger partial charge in [0.2, 0.25) is 5.91 Å². The zero-order valence-corrected chi connectivity index (χ0v) is 11.9. The molecule has 0 fully saturated rings. The summed E-state index contributed by atoms with van der Waals surface area (Å²) in [5.74, 6) is 0.135. The van der Waals surface area contributed by atoms with E-state index in [4.69, 9.17) is 0 Å². The molecule has 0 atom stereocenters. The van der Waals surface area contributed by atoms with Crippen molar-refractivity contribution in [3.05, 3.63) is 41.6 Å². The minimum absolute atomic E-state index is 0.135. The van der Waals surface area contributed by atoms with Gasteiger partial charge in [0.15, 0.2) is 5.82 Å². The molecule has 1 heterocycles. The molecule has 0 unspecified atom stereocenters. The third-order valence-corrected chi connectivity index (χ3v) is 2.95. The minimum Gasteiger partial charge on any atom is -0.329 e. The number of carbonyl (C=O) groups excluding carboxylic acids is 2. The lowest BCUT2D eigenvalue weighted by molar-refractivity contribution is -0.115. The molecule has 0 aliphatic carbocycles. The predicted octanol–water partition coefficient (Wildman–Crippen LogP) is 1.79. The van der Waals surface area contributed by atoms with E-state index in [1.807, 2.05) is 32.0 Å². The number of para-hydroxylation sites is 1. The normalized spacial score (nSPS) is 10.0. The number of H-pyrrole nitrogens is 1. The van der Waals surface area contributed by atoms with E-state index in [1.54, 1.807) is 12.1 Å². The second kappa shape index (κ2) is 6.56. The van der Waals surface area contributed by atoms with Crippen LogP contribution in [0.15, 0.2) is 30.3 Å². The van der Waals surface area contributed by atoms with Crippen LogP contribution in [0.4, 0.5) is 16.3 Å². The summed E-state index contributed by atoms with van der Waals surface area (Å²) >= 11 is 0. The molecule has 0 spiro atoms. The molecule has 4 N–H and O–H groups in total. The Kier molecular flexibility index (Phi) is 4.55. The van der Waals surface area contributed by atoms with Crippen LogP contribution in [-0.4, -0.2) is 28.7 Å². The quantitative estimate of drug-likeness (QED) is 0.690. The Labute approximate surface area is 122 Å². The molecule has 110 valence electrons. The van der Waals surface area contributed by atoms with Crippen molar-refractivity contribution >= 4 is 23.4 Å². The second-order valence-corrected chi connectivity index (χ2v) is 4.54. The minimum atomic E-state index is -0.439. The van der Waals surface area contributed by atoms with Crippen molar-refractivity contribution in [2.24, 2.45) is 0 Å². The van der Waals surface area contributed by atoms with E-state index in [9.17, 15) is 9.59 Å². The number of nitrogens with one attached hydrogen (secondary N) is 4. The molecule has 0 radical (unpaired) electrons. The highest BCUT2D eigenvalue weighted by Gasteiger charge is 2.10. The summed E-state index contributed by atoms with van der Waals surface area (Å²) in [6, 6.07) is 8.55. The van der Waals surface area contributed by atoms with Crippen LogP contribution in [0.25, 0.3) is 0 Å². The molecule has 7 heteroatoms. The van der Waals surface area contributed by atoms with E-state index in [1.165, 1.54) is 0 Å². The van der Waals surface area contributed by atoms with Crippen LogP contribution >= 0.6 is 0 Å². The first-order valence-electron chi connectivity index (χ1n) is 6.47. The Morgan fingerprint density at radius 3 is 2.48 bits per heavy atom. The Hall–Kier alpha value is -2.83. The summed E-state index contributed by atoms with van der Waals surface area (Å²) in [6.07, 6.45) is 0. The Bertz CT molecular complexity index is 636. The fourth-order valence-corrected chi connectivity index (χ4v) is 1.64. The number of hydrogen-bond donors (Lipinski definition) is 4. The molecule has 0 aliphatic heterocycles. The average molecular weight is 287 g/mol. The van der Waals surface area contributed by atoms with Gasteiger partial charge >= 0.3 is 6.03 Å². The van der Waals surface area contributed by atoms with Gasteiger partial charge in [-0.25, -0.2) is 4.79 Å². The molecular weight excluding hydrogens is 270 g/mol. The second-order valence-electron chi connectivity index (χ2n) is 4.54. The Morgan fingerprint density at radius 2 is 1.86 bits per heavy atom. The van der Waals surface area contributed by atoms with Gasteiger partial charge in [-0.2, -0.15) is 5.10 Å². The number of urea groups is 1. The SMILES string of the molecule is Cc1[nH]nc(NC(=O)CNC(=O)Nc2ccccc2)c1C. The van der Waals surface area contributed by atoms with Crippen molar-refractivity contribution in [1.82, 2.24) is 15.5 Å². The number of hydrogen-bond acceptors (Lipinski definition) is 3. The number of anilines is 2. The van der Waals surface area contributed by atoms with Crippen molar-refractivity contribution in [3.8, 4) is 0 Å². The smallest absolute Gasteiger partial charge is 0.319 e. The highest BCUT2D eigenvalue weighted by atomic mass is 16.2. The average Bonchev–Trinajstić information content (AvgIpc) is 2.78. The van der Waals surface area contributed by atoms with Gasteiger partial charge in [-0.05, 0) is 26.0 Å². The van der Waals surface area contributed by atoms with Crippen LogP contribution < -0.4 is 16.0 Å². The van der Waals surface area contributed by atoms with E-state index in [0.29, 0.717) is 11.5 Å². The van der Waals surface area contributed by atoms with Crippen molar-refractivity contribution in [2.45, 2.75) is 13.8 Å². The van der Waals surface area contributed by atoms with Gasteiger partial charge in [-0.1, -0.05) is 18.2 Å². The third kappa shape index (κ3) is 4.07. The van der Waals surface area contributed by atoms with Gasteiger partial charge < -0.3 is 16.0 Å². The molecule has 0 bridgehead atoms. The molecular formula is C14H17N5O2. The maximum absolute atomic E-state index is 11.7. The fraction of sp³-hybridized carbons (Fsp3) is 0.214. The monoisotopic (exact) mass is 287 g/mol. The lowest BCUT2D eigenvalue weighted by Gasteiger charge is -2.07. The van der Waals surface area contributed by atoms with Gasteiger partial charge in [0.1, 0.15) is 0 Å². The molecule has 1 aromatic heterocycles. The lowest BCUT2D eigenvalue weighted by atomic mass is 10.3. The molecule has 1 aromatic carbocycles. The Morgan fingerprint density at radius 1 is 1.14 bits per heavy atom. The number of amides is 3. The maximum Gasteiger partial charge on any atom is 0.319 e. The molecule has 0 saturated carbocycles. The van der Waals surface area contributed by atoms with Gasteiger partial charge in [0.05, 0.1) is 6.54 Å². The standard InChI is InChI=1S/C14H17N5O2/c1-9-10(2)18-19-13(9)17-12(20)8-15-14(21)16-11-6-4-3-5-7-11/h3-7H,8H2,1-2H3,(H2,15,16,21)(H2,17,18,19,20). The zero-order valence-electron chi connectivity index (χ0n) is 11.9. The number of benzene rings is 1. The summed E-state index contributed by atoms with van der Waals surface area (Å²) in [5, 5.41) is 14.5. The van der Waals surface area contributed by atoms with Gasteiger partial charge in [0, 0.05) is 16.9 Å². The number of carbonyl (C=O) groups is 2. The Balaban J connectivity index is 1.79. The first kappa shape index (κ1) is 14.6. The largest absolute Gasteiger partial charge is 0.329 e. The van der Waals surface area contributed by atoms with Gasteiger partial charge in [-0.15, -0.1) is 0 Å². The van der Waals surface area contributed by atoms with E-state index in [-0.39, 0.29) is 12.5 Å². The van der Waals surface area contributed by atoms with Crippen LogP contribution in [0.2, 0.25) is 0 Å². The van der Waals surface area contributed by atoms with Crippen molar-refractivity contribution in [2.75, 3.05) is 17.2 Å². The highest BCUT2D eigenvalue weighted by molar-refractivity contribution is 5.96. The molecule has 2 aromatic rings. The van der Waals surface area contributed by atoms with Crippen molar-refractivity contribution in [1.29, 1.82) is 0 Å². The summed E-state index contributed by atoms with van der Waals surface area (Å²) in [5.41, 5.74) is 2.42. The molecule has 3 amide bonds. The van der Waals surface area contributed by atoms with Gasteiger partial charge in [-0.3, -0.25) is 9.89 Å². The summed E-state index contributed by atoms with van der Waals surface area (Å²) in [7, 11) is 0. The van der Waals surface area contributed by atoms with E-state index < -0.39 is 6.03 Å². The van der Waals surface area contributed by atoms with Crippen LogP contribution in [0.3, 0.4) is 0 Å². The summed E-state index contributed by atoms with van der Waals surface area (Å²) in [4.78, 5) is 23.3. The fourth-order valence-electron chi connectivity index (χ4n) is 1.64. The van der Waals surface area contributed by atoms with Crippen LogP contribution in [-0.2, 0) is 4.79 Å². The van der Waals surface area contributed by atoms with E-state index >= 15 is 0 Å². The lowest BCUT2D eigenvalue weighted by Crippen LogP contribution is -2.35. The van der Waals surface area contributed by atoms with Crippen LogP contribution in [0.5, 0.6) is 0 Å². The molecule has 0 saturated heterocycles. The topological polar surface area (TPSA) is 98.9 Å². The van der Waals surface area contributed by atoms with Crippen molar-refractivity contribution in [3.63, 3.8) is 0 Å². The molecule has 0 aliphatic rings. The third-order valence-electron chi connectivity index (χ3n) is 2.95. The van der Waals surface area contributed by atoms with Gasteiger partial charge in [0.25, 0.3) is 0 Å². The highest BCUT2D eigenvalue weighted by Crippen LogP contribution is 2.13. The summed E-state index contributed by atoms with van der Waals surface area (Å²) < 4.78 is 0. The number of rotatable bonds is 4. The van der Waals surface area contributed by atoms with Crippen LogP contribution in [0, 0.1) is 13.8 Å². The number of nitrogens with zero attached hydrogens (tertiary/aromatic N) is 1. The van der Waals surface area contributed by atoms with E-state index in [0.717, 1.165) is 11.3 Å². The first-order chi connectivity index (χ1) is 10.1. The number of aryl methyl sites for hydroxylation is 1. The number of aromatic nitrogens is 2. The number of aromatic amines is 1. The first-order valence-corrected chi connectivity index (χ1v) is 6.47. The summed E-state index contributed by atoms with van der Waals surface area (Å²) in [6.45, 7) is 3.58. The van der Waals surface area contributed by atoms with Crippen LogP contribution in [0.1, 0.15) is 11.3 Å².